The molecule has 1 aromatic rings. The molecule has 0 unspecified atom stereocenters. The molecule has 0 amide bonds. The highest BCUT2D eigenvalue weighted by atomic mass is 32.2. The maximum Gasteiger partial charge on any atom is 0.280 e. The van der Waals surface area contributed by atoms with Crippen molar-refractivity contribution in [3.63, 3.8) is 0 Å². The molecule has 0 spiro atoms. The van der Waals surface area contributed by atoms with Gasteiger partial charge in [0.1, 0.15) is 0 Å². The minimum atomic E-state index is -3.54. The van der Waals surface area contributed by atoms with Gasteiger partial charge in [0.2, 0.25) is 5.89 Å². The summed E-state index contributed by atoms with van der Waals surface area (Å²) in [5.74, 6) is 0.728. The fraction of sp³-hybridized carbons (Fsp3) is 0.778. The molecule has 0 fully saturated rings. The van der Waals surface area contributed by atoms with Crippen molar-refractivity contribution in [3.8, 4) is 0 Å². The first-order valence-corrected chi connectivity index (χ1v) is 6.73. The van der Waals surface area contributed by atoms with Gasteiger partial charge in [0.25, 0.3) is 10.2 Å². The van der Waals surface area contributed by atoms with E-state index in [1.54, 1.807) is 27.7 Å². The lowest BCUT2D eigenvalue weighted by Gasteiger charge is -2.22. The predicted octanol–water partition coefficient (Wildman–Crippen LogP) is 0.614. The first-order valence-electron chi connectivity index (χ1n) is 5.29. The molecule has 98 valence electrons. The van der Waals surface area contributed by atoms with Crippen molar-refractivity contribution in [1.29, 1.82) is 0 Å². The molecule has 1 atom stereocenters. The van der Waals surface area contributed by atoms with Gasteiger partial charge in [0.15, 0.2) is 5.82 Å². The number of nitrogens with zero attached hydrogens (tertiary/aromatic N) is 3. The molecular weight excluding hydrogens is 244 g/mol. The maximum atomic E-state index is 11.9. The minimum absolute atomic E-state index is 0.121. The van der Waals surface area contributed by atoms with E-state index in [1.165, 1.54) is 11.4 Å². The van der Waals surface area contributed by atoms with Crippen LogP contribution in [0.1, 0.15) is 38.5 Å². The molecule has 1 N–H and O–H groups in total. The van der Waals surface area contributed by atoms with E-state index >= 15 is 0 Å². The predicted molar refractivity (Wildman–Crippen MR) is 62.4 cm³/mol. The van der Waals surface area contributed by atoms with Crippen LogP contribution in [-0.4, -0.2) is 36.0 Å². The smallest absolute Gasteiger partial charge is 0.280 e. The summed E-state index contributed by atoms with van der Waals surface area (Å²) in [6.45, 7) is 6.91. The van der Waals surface area contributed by atoms with Crippen molar-refractivity contribution in [2.45, 2.75) is 39.8 Å². The van der Waals surface area contributed by atoms with Crippen LogP contribution in [-0.2, 0) is 10.2 Å². The van der Waals surface area contributed by atoms with Gasteiger partial charge in [-0.2, -0.15) is 22.4 Å². The van der Waals surface area contributed by atoms with Crippen LogP contribution >= 0.6 is 0 Å². The van der Waals surface area contributed by atoms with Crippen molar-refractivity contribution in [2.75, 3.05) is 7.05 Å². The highest BCUT2D eigenvalue weighted by Gasteiger charge is 2.25. The van der Waals surface area contributed by atoms with Crippen LogP contribution in [0.2, 0.25) is 0 Å². The van der Waals surface area contributed by atoms with Gasteiger partial charge in [-0.1, -0.05) is 5.16 Å². The number of aryl methyl sites for hydroxylation is 1. The Labute approximate surface area is 101 Å². The number of aromatic nitrogens is 2. The fourth-order valence-corrected chi connectivity index (χ4v) is 2.39. The van der Waals surface area contributed by atoms with E-state index in [0.29, 0.717) is 5.82 Å². The van der Waals surface area contributed by atoms with Crippen LogP contribution in [0, 0.1) is 6.92 Å². The molecule has 0 aromatic carbocycles. The Morgan fingerprint density at radius 1 is 1.35 bits per heavy atom. The third-order valence-electron chi connectivity index (χ3n) is 2.35. The molecule has 0 aliphatic rings. The fourth-order valence-electron chi connectivity index (χ4n) is 1.12. The monoisotopic (exact) mass is 262 g/mol. The molecule has 1 aromatic heterocycles. The van der Waals surface area contributed by atoms with Crippen LogP contribution in [0.5, 0.6) is 0 Å². The van der Waals surface area contributed by atoms with Gasteiger partial charge in [-0.3, -0.25) is 0 Å². The van der Waals surface area contributed by atoms with Crippen LogP contribution in [0.25, 0.3) is 0 Å². The van der Waals surface area contributed by atoms with Crippen molar-refractivity contribution in [1.82, 2.24) is 19.2 Å². The molecule has 0 saturated heterocycles. The van der Waals surface area contributed by atoms with Crippen molar-refractivity contribution >= 4 is 10.2 Å². The van der Waals surface area contributed by atoms with E-state index in [1.807, 2.05) is 0 Å². The van der Waals surface area contributed by atoms with Gasteiger partial charge in [0.05, 0.1) is 6.04 Å². The normalized spacial score (nSPS) is 14.5. The Kier molecular flexibility index (Phi) is 4.23. The third kappa shape index (κ3) is 3.48. The summed E-state index contributed by atoms with van der Waals surface area (Å²) in [7, 11) is -2.03. The zero-order valence-corrected chi connectivity index (χ0v) is 11.4. The van der Waals surface area contributed by atoms with Crippen molar-refractivity contribution in [2.24, 2.45) is 0 Å². The van der Waals surface area contributed by atoms with E-state index < -0.39 is 16.3 Å². The molecule has 1 rings (SSSR count). The SMILES string of the molecule is Cc1noc([C@H](C)NS(=O)(=O)N(C)C(C)C)n1. The quantitative estimate of drug-likeness (QED) is 0.840. The first kappa shape index (κ1) is 14.1. The average molecular weight is 262 g/mol. The summed E-state index contributed by atoms with van der Waals surface area (Å²) in [4.78, 5) is 3.98. The highest BCUT2D eigenvalue weighted by molar-refractivity contribution is 7.87. The van der Waals surface area contributed by atoms with Crippen LogP contribution in [0.15, 0.2) is 4.52 Å². The van der Waals surface area contributed by atoms with Gasteiger partial charge in [0, 0.05) is 13.1 Å². The number of hydrogen-bond acceptors (Lipinski definition) is 5. The molecule has 17 heavy (non-hydrogen) atoms. The standard InChI is InChI=1S/C9H18N4O3S/c1-6(2)13(5)17(14,15)12-7(3)9-10-8(4)11-16-9/h6-7,12H,1-5H3/t7-/m0/s1. The van der Waals surface area contributed by atoms with E-state index in [0.717, 1.165) is 0 Å². The lowest BCUT2D eigenvalue weighted by atomic mass is 10.4. The van der Waals surface area contributed by atoms with Crippen LogP contribution < -0.4 is 4.72 Å². The van der Waals surface area contributed by atoms with E-state index in [2.05, 4.69) is 14.9 Å². The molecule has 0 aliphatic heterocycles. The molecule has 1 heterocycles. The summed E-state index contributed by atoms with van der Waals surface area (Å²) in [6.07, 6.45) is 0. The minimum Gasteiger partial charge on any atom is -0.338 e. The Bertz CT molecular complexity index is 468. The lowest BCUT2D eigenvalue weighted by molar-refractivity contribution is 0.343. The first-order chi connectivity index (χ1) is 7.74. The van der Waals surface area contributed by atoms with Crippen molar-refractivity contribution < 1.29 is 12.9 Å². The van der Waals surface area contributed by atoms with Crippen molar-refractivity contribution in [3.05, 3.63) is 11.7 Å². The molecule has 7 nitrogen and oxygen atoms in total. The molecule has 0 bridgehead atoms. The zero-order chi connectivity index (χ0) is 13.2. The maximum absolute atomic E-state index is 11.9. The molecule has 0 aliphatic carbocycles. The van der Waals surface area contributed by atoms with Gasteiger partial charge < -0.3 is 4.52 Å². The number of rotatable bonds is 5. The topological polar surface area (TPSA) is 88.3 Å². The Morgan fingerprint density at radius 2 is 1.94 bits per heavy atom. The van der Waals surface area contributed by atoms with Crippen LogP contribution in [0.4, 0.5) is 0 Å². The van der Waals surface area contributed by atoms with Gasteiger partial charge >= 0.3 is 0 Å². The largest absolute Gasteiger partial charge is 0.338 e. The molecule has 0 saturated carbocycles. The number of hydrogen-bond donors (Lipinski definition) is 1. The highest BCUT2D eigenvalue weighted by Crippen LogP contribution is 2.12. The summed E-state index contributed by atoms with van der Waals surface area (Å²) < 4.78 is 32.4. The number of nitrogens with one attached hydrogen (secondary N) is 1. The summed E-state index contributed by atoms with van der Waals surface area (Å²) in [5, 5.41) is 3.61. The van der Waals surface area contributed by atoms with E-state index in [9.17, 15) is 8.42 Å². The second kappa shape index (κ2) is 5.11. The Balaban J connectivity index is 2.78. The third-order valence-corrected chi connectivity index (χ3v) is 4.18. The van der Waals surface area contributed by atoms with Crippen LogP contribution in [0.3, 0.4) is 0 Å². The second-order valence-electron chi connectivity index (χ2n) is 4.13. The van der Waals surface area contributed by atoms with Gasteiger partial charge in [-0.25, -0.2) is 0 Å². The van der Waals surface area contributed by atoms with Gasteiger partial charge in [-0.05, 0) is 27.7 Å². The second-order valence-corrected chi connectivity index (χ2v) is 5.90. The molecular formula is C9H18N4O3S. The Morgan fingerprint density at radius 3 is 2.35 bits per heavy atom. The lowest BCUT2D eigenvalue weighted by Crippen LogP contribution is -2.42. The molecule has 0 radical (unpaired) electrons. The van der Waals surface area contributed by atoms with E-state index in [4.69, 9.17) is 4.52 Å². The van der Waals surface area contributed by atoms with Gasteiger partial charge in [-0.15, -0.1) is 0 Å². The van der Waals surface area contributed by atoms with E-state index in [-0.39, 0.29) is 11.9 Å². The average Bonchev–Trinajstić information content (AvgIpc) is 2.63. The Hall–Kier alpha value is -0.990. The summed E-state index contributed by atoms with van der Waals surface area (Å²) in [6, 6.07) is -0.675. The summed E-state index contributed by atoms with van der Waals surface area (Å²) >= 11 is 0. The summed E-state index contributed by atoms with van der Waals surface area (Å²) in [5.41, 5.74) is 0. The zero-order valence-electron chi connectivity index (χ0n) is 10.6. The molecule has 8 heteroatoms.